The van der Waals surface area contributed by atoms with Crippen molar-refractivity contribution in [1.82, 2.24) is 10.2 Å². The van der Waals surface area contributed by atoms with Gasteiger partial charge in [0.15, 0.2) is 16.6 Å². The maximum atomic E-state index is 12.3. The maximum Gasteiger partial charge on any atom is 0.265 e. The van der Waals surface area contributed by atoms with Crippen molar-refractivity contribution in [2.75, 3.05) is 14.2 Å². The van der Waals surface area contributed by atoms with Gasteiger partial charge >= 0.3 is 0 Å². The van der Waals surface area contributed by atoms with Crippen LogP contribution >= 0.6 is 28.1 Å². The number of carbonyl (C=O) groups excluding carboxylic acids is 2. The molecule has 0 radical (unpaired) electrons. The van der Waals surface area contributed by atoms with E-state index in [0.29, 0.717) is 21.5 Å². The molecule has 0 unspecified atom stereocenters. The molecular weight excluding hydrogens is 408 g/mol. The molecule has 1 fully saturated rings. The predicted molar refractivity (Wildman–Crippen MR) is 103 cm³/mol. The largest absolute Gasteiger partial charge is 0.493 e. The van der Waals surface area contributed by atoms with Crippen LogP contribution in [0.5, 0.6) is 11.5 Å². The summed E-state index contributed by atoms with van der Waals surface area (Å²) in [5.41, 5.74) is 0.626. The van der Waals surface area contributed by atoms with Crippen LogP contribution < -0.4 is 14.8 Å². The predicted octanol–water partition coefficient (Wildman–Crippen LogP) is 2.89. The molecule has 1 saturated heterocycles. The number of hydrogen-bond donors (Lipinski definition) is 1. The van der Waals surface area contributed by atoms with Crippen molar-refractivity contribution in [2.45, 2.75) is 26.4 Å². The third-order valence-electron chi connectivity index (χ3n) is 3.76. The third-order valence-corrected chi connectivity index (χ3v) is 4.73. The van der Waals surface area contributed by atoms with Gasteiger partial charge in [-0.2, -0.15) is 0 Å². The molecule has 1 heterocycles. The monoisotopic (exact) mass is 426 g/mol. The minimum Gasteiger partial charge on any atom is -0.493 e. The number of likely N-dealkylation sites (N-methyl/N-ethyl adjacent to an activating group) is 1. The van der Waals surface area contributed by atoms with E-state index in [1.807, 2.05) is 13.8 Å². The van der Waals surface area contributed by atoms with E-state index in [2.05, 4.69) is 21.2 Å². The lowest BCUT2D eigenvalue weighted by Crippen LogP contribution is -2.52. The number of nitrogens with one attached hydrogen (secondary N) is 1. The lowest BCUT2D eigenvalue weighted by Gasteiger charge is -2.25. The summed E-state index contributed by atoms with van der Waals surface area (Å²) in [4.78, 5) is 25.6. The van der Waals surface area contributed by atoms with Gasteiger partial charge in [0.05, 0.1) is 17.7 Å². The number of halogens is 1. The van der Waals surface area contributed by atoms with Gasteiger partial charge in [-0.3, -0.25) is 19.8 Å². The van der Waals surface area contributed by atoms with Crippen molar-refractivity contribution in [3.63, 3.8) is 0 Å². The first kappa shape index (κ1) is 19.4. The van der Waals surface area contributed by atoms with Crippen LogP contribution in [0.2, 0.25) is 0 Å². The second kappa shape index (κ2) is 7.97. The Morgan fingerprint density at radius 3 is 2.68 bits per heavy atom. The highest BCUT2D eigenvalue weighted by atomic mass is 79.9. The minimum atomic E-state index is -0.525. The van der Waals surface area contributed by atoms with E-state index in [1.165, 1.54) is 25.1 Å². The van der Waals surface area contributed by atoms with E-state index in [-0.39, 0.29) is 16.8 Å². The lowest BCUT2D eigenvalue weighted by molar-refractivity contribution is -0.128. The molecular formula is C17H19BrN2O4S. The van der Waals surface area contributed by atoms with E-state index in [4.69, 9.17) is 21.7 Å². The van der Waals surface area contributed by atoms with Gasteiger partial charge in [0.2, 0.25) is 0 Å². The molecule has 8 heteroatoms. The van der Waals surface area contributed by atoms with E-state index in [9.17, 15) is 9.59 Å². The summed E-state index contributed by atoms with van der Waals surface area (Å²) < 4.78 is 11.9. The fourth-order valence-corrected chi connectivity index (χ4v) is 2.86. The number of ether oxygens (including phenoxy) is 2. The van der Waals surface area contributed by atoms with Crippen LogP contribution in [0.25, 0.3) is 6.08 Å². The van der Waals surface area contributed by atoms with E-state index < -0.39 is 11.8 Å². The number of benzene rings is 1. The number of carbonyl (C=O) groups is 2. The summed E-state index contributed by atoms with van der Waals surface area (Å²) in [5.74, 6) is 0.109. The molecule has 6 nitrogen and oxygen atoms in total. The summed E-state index contributed by atoms with van der Waals surface area (Å²) in [6.07, 6.45) is 2.37. The smallest absolute Gasteiger partial charge is 0.265 e. The van der Waals surface area contributed by atoms with Gasteiger partial charge in [-0.05, 0) is 65.3 Å². The van der Waals surface area contributed by atoms with Crippen LogP contribution in [-0.2, 0) is 9.59 Å². The zero-order chi connectivity index (χ0) is 18.7. The quantitative estimate of drug-likeness (QED) is 0.445. The Hall–Kier alpha value is -1.93. The van der Waals surface area contributed by atoms with Gasteiger partial charge in [-0.15, -0.1) is 0 Å². The SMILES string of the molecule is CC[C@H](C)Oc1c(Br)cc(/C=C2/C(=O)NC(=S)N(C)C2=O)cc1OC. The van der Waals surface area contributed by atoms with Crippen molar-refractivity contribution < 1.29 is 19.1 Å². The Labute approximate surface area is 160 Å². The molecule has 25 heavy (non-hydrogen) atoms. The fourth-order valence-electron chi connectivity index (χ4n) is 2.13. The second-order valence-corrected chi connectivity index (χ2v) is 6.79. The number of methoxy groups -OCH3 is 1. The zero-order valence-corrected chi connectivity index (χ0v) is 16.8. The molecule has 1 aromatic carbocycles. The van der Waals surface area contributed by atoms with Crippen LogP contribution in [0.15, 0.2) is 22.2 Å². The highest BCUT2D eigenvalue weighted by Gasteiger charge is 2.30. The number of hydrogen-bond acceptors (Lipinski definition) is 5. The molecule has 0 aromatic heterocycles. The van der Waals surface area contributed by atoms with Gasteiger partial charge in [0.25, 0.3) is 11.8 Å². The molecule has 0 saturated carbocycles. The first-order chi connectivity index (χ1) is 11.8. The van der Waals surface area contributed by atoms with Crippen molar-refractivity contribution in [2.24, 2.45) is 0 Å². The van der Waals surface area contributed by atoms with Crippen molar-refractivity contribution in [3.05, 3.63) is 27.7 Å². The number of rotatable bonds is 5. The molecule has 1 aliphatic heterocycles. The van der Waals surface area contributed by atoms with Crippen molar-refractivity contribution >= 4 is 51.2 Å². The average Bonchev–Trinajstić information content (AvgIpc) is 2.58. The van der Waals surface area contributed by atoms with Gasteiger partial charge in [0.1, 0.15) is 5.57 Å². The van der Waals surface area contributed by atoms with Crippen LogP contribution in [0, 0.1) is 0 Å². The average molecular weight is 427 g/mol. The Morgan fingerprint density at radius 2 is 2.08 bits per heavy atom. The molecule has 2 rings (SSSR count). The standard InChI is InChI=1S/C17H19BrN2O4S/c1-5-9(2)24-14-12(18)7-10(8-13(14)23-4)6-11-15(21)19-17(25)20(3)16(11)22/h6-9H,5H2,1-4H3,(H,19,21,25)/b11-6-/t9-/m0/s1. The molecule has 0 spiro atoms. The van der Waals surface area contributed by atoms with Crippen LogP contribution in [0.1, 0.15) is 25.8 Å². The molecule has 134 valence electrons. The molecule has 1 aliphatic rings. The summed E-state index contributed by atoms with van der Waals surface area (Å²) in [7, 11) is 3.05. The van der Waals surface area contributed by atoms with Gasteiger partial charge in [-0.1, -0.05) is 6.92 Å². The Bertz CT molecular complexity index is 763. The second-order valence-electron chi connectivity index (χ2n) is 5.55. The number of thiocarbonyl (C=S) groups is 1. The van der Waals surface area contributed by atoms with Crippen LogP contribution in [-0.4, -0.2) is 42.1 Å². The first-order valence-corrected chi connectivity index (χ1v) is 8.87. The summed E-state index contributed by atoms with van der Waals surface area (Å²) in [6, 6.07) is 3.48. The van der Waals surface area contributed by atoms with E-state index >= 15 is 0 Å². The normalized spacial score (nSPS) is 17.6. The van der Waals surface area contributed by atoms with Gasteiger partial charge in [0, 0.05) is 7.05 Å². The van der Waals surface area contributed by atoms with Gasteiger partial charge < -0.3 is 9.47 Å². The Kier molecular flexibility index (Phi) is 6.18. The highest BCUT2D eigenvalue weighted by Crippen LogP contribution is 2.38. The number of nitrogens with zero attached hydrogens (tertiary/aromatic N) is 1. The van der Waals surface area contributed by atoms with Crippen LogP contribution in [0.4, 0.5) is 0 Å². The molecule has 0 aliphatic carbocycles. The highest BCUT2D eigenvalue weighted by molar-refractivity contribution is 9.10. The van der Waals surface area contributed by atoms with Crippen LogP contribution in [0.3, 0.4) is 0 Å². The summed E-state index contributed by atoms with van der Waals surface area (Å²) in [5, 5.41) is 2.57. The maximum absolute atomic E-state index is 12.3. The topological polar surface area (TPSA) is 67.9 Å². The Balaban J connectivity index is 2.43. The van der Waals surface area contributed by atoms with Gasteiger partial charge in [-0.25, -0.2) is 0 Å². The third kappa shape index (κ3) is 4.19. The minimum absolute atomic E-state index is 0.000600. The van der Waals surface area contributed by atoms with E-state index in [0.717, 1.165) is 6.42 Å². The van der Waals surface area contributed by atoms with E-state index in [1.54, 1.807) is 12.1 Å². The first-order valence-electron chi connectivity index (χ1n) is 7.67. The summed E-state index contributed by atoms with van der Waals surface area (Å²) in [6.45, 7) is 3.99. The molecule has 1 N–H and O–H groups in total. The molecule has 1 atom stereocenters. The van der Waals surface area contributed by atoms with Crippen molar-refractivity contribution in [3.8, 4) is 11.5 Å². The summed E-state index contributed by atoms with van der Waals surface area (Å²) >= 11 is 8.39. The molecule has 1 aromatic rings. The molecule has 2 amide bonds. The zero-order valence-electron chi connectivity index (χ0n) is 14.4. The van der Waals surface area contributed by atoms with Crippen molar-refractivity contribution in [1.29, 1.82) is 0 Å². The number of amides is 2. The molecule has 0 bridgehead atoms. The lowest BCUT2D eigenvalue weighted by atomic mass is 10.1. The fraction of sp³-hybridized carbons (Fsp3) is 0.353. The Morgan fingerprint density at radius 1 is 1.40 bits per heavy atom.